The number of carbonyl (C=O) groups excluding carboxylic acids is 2. The Morgan fingerprint density at radius 3 is 2.29 bits per heavy atom. The lowest BCUT2D eigenvalue weighted by molar-refractivity contribution is -0.118. The van der Waals surface area contributed by atoms with Gasteiger partial charge in [-0.3, -0.25) is 9.59 Å². The number of fused-ring (bicyclic) bond motifs is 6. The minimum absolute atomic E-state index is 0.103. The van der Waals surface area contributed by atoms with Crippen LogP contribution in [0.4, 0.5) is 5.69 Å². The Morgan fingerprint density at radius 2 is 1.51 bits per heavy atom. The molecule has 3 N–H and O–H groups in total. The van der Waals surface area contributed by atoms with Gasteiger partial charge in [-0.15, -0.1) is 0 Å². The number of aliphatic imine (C=N–C) groups is 2. The van der Waals surface area contributed by atoms with E-state index in [1.54, 1.807) is 18.2 Å². The molecule has 6 rings (SSSR count). The van der Waals surface area contributed by atoms with Crippen molar-refractivity contribution in [3.8, 4) is 0 Å². The minimum Gasteiger partial charge on any atom is -0.365 e. The van der Waals surface area contributed by atoms with Crippen LogP contribution in [-0.2, 0) is 15.1 Å². The SMILES string of the molecule is CC(=O)Nc1ccc(C23C=C4C=CC(=N4)C=C4C=CC(=N4)C=c4ccc([nH]4)=CC(=CC2=O)N3)cc1. The Labute approximate surface area is 201 Å². The van der Waals surface area contributed by atoms with Gasteiger partial charge in [-0.2, -0.15) is 0 Å². The molecule has 0 saturated heterocycles. The van der Waals surface area contributed by atoms with Crippen LogP contribution in [0, 0.1) is 0 Å². The molecule has 5 heterocycles. The van der Waals surface area contributed by atoms with Gasteiger partial charge >= 0.3 is 0 Å². The number of aromatic amines is 1. The molecule has 1 amide bonds. The van der Waals surface area contributed by atoms with E-state index in [0.717, 1.165) is 33.4 Å². The lowest BCUT2D eigenvalue weighted by Gasteiger charge is -2.27. The standard InChI is InChI=1S/C28H21N5O2/c1-17(34)29-19-4-2-18(3-5-19)28-16-25-11-10-23(32-25)13-22-7-6-20(30-22)12-21-8-9-24(31-21)14-26(33-28)15-27(28)35/h2-16,31,33H,1H3,(H,29,34). The topological polar surface area (TPSA) is 98.7 Å². The van der Waals surface area contributed by atoms with Crippen LogP contribution in [0.2, 0.25) is 0 Å². The summed E-state index contributed by atoms with van der Waals surface area (Å²) in [7, 11) is 0. The number of anilines is 1. The van der Waals surface area contributed by atoms with E-state index in [1.807, 2.05) is 72.9 Å². The fourth-order valence-corrected chi connectivity index (χ4v) is 4.49. The quantitative estimate of drug-likeness (QED) is 0.643. The smallest absolute Gasteiger partial charge is 0.221 e. The Hall–Kier alpha value is -4.78. The maximum Gasteiger partial charge on any atom is 0.221 e. The van der Waals surface area contributed by atoms with E-state index in [1.165, 1.54) is 6.92 Å². The normalized spacial score (nSPS) is 21.7. The maximum absolute atomic E-state index is 13.5. The second kappa shape index (κ2) is 7.92. The summed E-state index contributed by atoms with van der Waals surface area (Å²) in [5, 5.41) is 7.97. The van der Waals surface area contributed by atoms with Crippen LogP contribution in [-0.4, -0.2) is 28.1 Å². The number of amides is 1. The van der Waals surface area contributed by atoms with Crippen molar-refractivity contribution in [2.75, 3.05) is 5.32 Å². The zero-order valence-corrected chi connectivity index (χ0v) is 18.9. The van der Waals surface area contributed by atoms with Gasteiger partial charge in [0.2, 0.25) is 5.91 Å². The maximum atomic E-state index is 13.5. The van der Waals surface area contributed by atoms with E-state index in [2.05, 4.69) is 20.6 Å². The Bertz CT molecular complexity index is 1620. The number of hydrogen-bond acceptors (Lipinski definition) is 5. The molecule has 0 aliphatic carbocycles. The molecule has 4 aliphatic rings. The van der Waals surface area contributed by atoms with Gasteiger partial charge in [0.05, 0.1) is 22.8 Å². The molecule has 1 aromatic heterocycles. The molecule has 4 aliphatic heterocycles. The fourth-order valence-electron chi connectivity index (χ4n) is 4.49. The Kier molecular flexibility index (Phi) is 4.70. The van der Waals surface area contributed by atoms with Gasteiger partial charge in [0.1, 0.15) is 5.54 Å². The van der Waals surface area contributed by atoms with Gasteiger partial charge in [0.15, 0.2) is 5.78 Å². The molecular formula is C28H21N5O2. The van der Waals surface area contributed by atoms with Crippen LogP contribution >= 0.6 is 0 Å². The van der Waals surface area contributed by atoms with Crippen LogP contribution in [0.25, 0.3) is 12.2 Å². The fraction of sp³-hybridized carbons (Fsp3) is 0.0714. The Morgan fingerprint density at radius 1 is 0.829 bits per heavy atom. The number of rotatable bonds is 2. The van der Waals surface area contributed by atoms with Crippen LogP contribution < -0.4 is 21.3 Å². The molecule has 0 radical (unpaired) electrons. The van der Waals surface area contributed by atoms with E-state index >= 15 is 0 Å². The molecule has 35 heavy (non-hydrogen) atoms. The van der Waals surface area contributed by atoms with E-state index in [9.17, 15) is 9.59 Å². The summed E-state index contributed by atoms with van der Waals surface area (Å²) >= 11 is 0. The first-order chi connectivity index (χ1) is 16.9. The van der Waals surface area contributed by atoms with Crippen molar-refractivity contribution < 1.29 is 9.59 Å². The van der Waals surface area contributed by atoms with Crippen molar-refractivity contribution in [2.45, 2.75) is 12.5 Å². The second-order valence-corrected chi connectivity index (χ2v) is 8.69. The molecule has 170 valence electrons. The van der Waals surface area contributed by atoms with Gasteiger partial charge in [-0.1, -0.05) is 12.1 Å². The third kappa shape index (κ3) is 3.93. The monoisotopic (exact) mass is 459 g/mol. The molecule has 7 heteroatoms. The number of H-pyrrole nitrogens is 1. The highest BCUT2D eigenvalue weighted by Gasteiger charge is 2.42. The van der Waals surface area contributed by atoms with E-state index in [-0.39, 0.29) is 11.7 Å². The molecule has 0 spiro atoms. The molecule has 7 nitrogen and oxygen atoms in total. The summed E-state index contributed by atoms with van der Waals surface area (Å²) in [5.74, 6) is -0.256. The lowest BCUT2D eigenvalue weighted by Crippen LogP contribution is -2.41. The number of nitrogens with zero attached hydrogens (tertiary/aromatic N) is 2. The molecule has 0 fully saturated rings. The predicted octanol–water partition coefficient (Wildman–Crippen LogP) is 2.29. The van der Waals surface area contributed by atoms with Crippen LogP contribution in [0.3, 0.4) is 0 Å². The third-order valence-corrected chi connectivity index (χ3v) is 6.05. The molecule has 1 aromatic carbocycles. The van der Waals surface area contributed by atoms with E-state index in [0.29, 0.717) is 17.1 Å². The lowest BCUT2D eigenvalue weighted by atomic mass is 9.86. The molecule has 0 saturated carbocycles. The van der Waals surface area contributed by atoms with Gasteiger partial charge < -0.3 is 15.6 Å². The molecule has 1 unspecified atom stereocenters. The van der Waals surface area contributed by atoms with E-state index < -0.39 is 5.54 Å². The first kappa shape index (κ1) is 20.8. The van der Waals surface area contributed by atoms with Crippen LogP contribution in [0.5, 0.6) is 0 Å². The van der Waals surface area contributed by atoms with Gasteiger partial charge in [0.25, 0.3) is 0 Å². The minimum atomic E-state index is -1.14. The second-order valence-electron chi connectivity index (χ2n) is 8.69. The van der Waals surface area contributed by atoms with Crippen LogP contribution in [0.1, 0.15) is 12.5 Å². The predicted molar refractivity (Wildman–Crippen MR) is 137 cm³/mol. The number of hydrogen-bond donors (Lipinski definition) is 3. The van der Waals surface area contributed by atoms with Gasteiger partial charge in [0, 0.05) is 35.1 Å². The van der Waals surface area contributed by atoms with Crippen molar-refractivity contribution in [3.05, 3.63) is 112 Å². The number of ketones is 1. The highest BCUT2D eigenvalue weighted by Crippen LogP contribution is 2.34. The molecule has 8 bridgehead atoms. The van der Waals surface area contributed by atoms with Crippen molar-refractivity contribution in [2.24, 2.45) is 9.98 Å². The van der Waals surface area contributed by atoms with Crippen molar-refractivity contribution >= 4 is 41.0 Å². The number of benzene rings is 1. The summed E-state index contributed by atoms with van der Waals surface area (Å²) in [6, 6.07) is 11.2. The zero-order chi connectivity index (χ0) is 24.0. The highest BCUT2D eigenvalue weighted by atomic mass is 16.1. The first-order valence-electron chi connectivity index (χ1n) is 11.2. The molecular weight excluding hydrogens is 438 g/mol. The Balaban J connectivity index is 1.51. The number of aromatic nitrogens is 1. The average molecular weight is 460 g/mol. The number of nitrogens with one attached hydrogen (secondary N) is 3. The summed E-state index contributed by atoms with van der Waals surface area (Å²) in [4.78, 5) is 37.7. The van der Waals surface area contributed by atoms with E-state index in [4.69, 9.17) is 4.99 Å². The first-order valence-corrected chi connectivity index (χ1v) is 11.2. The molecule has 2 aromatic rings. The molecule has 1 atom stereocenters. The highest BCUT2D eigenvalue weighted by molar-refractivity contribution is 6.19. The third-order valence-electron chi connectivity index (χ3n) is 6.05. The largest absolute Gasteiger partial charge is 0.365 e. The summed E-state index contributed by atoms with van der Waals surface area (Å²) < 4.78 is 0. The number of allylic oxidation sites excluding steroid dienone is 6. The average Bonchev–Trinajstić information content (AvgIpc) is 3.60. The van der Waals surface area contributed by atoms with Crippen molar-refractivity contribution in [1.82, 2.24) is 10.3 Å². The number of carbonyl (C=O) groups is 2. The van der Waals surface area contributed by atoms with Crippen LogP contribution in [0.15, 0.2) is 106 Å². The van der Waals surface area contributed by atoms with Crippen molar-refractivity contribution in [3.63, 3.8) is 0 Å². The van der Waals surface area contributed by atoms with Gasteiger partial charge in [-0.25, -0.2) is 9.98 Å². The summed E-state index contributed by atoms with van der Waals surface area (Å²) in [6.07, 6.45) is 17.0. The van der Waals surface area contributed by atoms with Crippen molar-refractivity contribution in [1.29, 1.82) is 0 Å². The van der Waals surface area contributed by atoms with Gasteiger partial charge in [-0.05, 0) is 78.4 Å². The summed E-state index contributed by atoms with van der Waals surface area (Å²) in [5.41, 5.74) is 4.05. The zero-order valence-electron chi connectivity index (χ0n) is 18.9. The summed E-state index contributed by atoms with van der Waals surface area (Å²) in [6.45, 7) is 1.46.